The van der Waals surface area contributed by atoms with Gasteiger partial charge in [-0.15, -0.1) is 0 Å². The number of nitrogens with one attached hydrogen (secondary N) is 1. The van der Waals surface area contributed by atoms with Gasteiger partial charge in [0, 0.05) is 30.5 Å². The Morgan fingerprint density at radius 1 is 0.946 bits per heavy atom. The van der Waals surface area contributed by atoms with Gasteiger partial charge in [-0.05, 0) is 55.2 Å². The van der Waals surface area contributed by atoms with Gasteiger partial charge in [0.2, 0.25) is 5.89 Å². The predicted octanol–water partition coefficient (Wildman–Crippen LogP) is 5.26. The number of hydrogen-bond donors (Lipinski definition) is 2. The quantitative estimate of drug-likeness (QED) is 0.276. The minimum absolute atomic E-state index is 0.0559. The van der Waals surface area contributed by atoms with Gasteiger partial charge in [-0.25, -0.2) is 4.98 Å². The first-order chi connectivity index (χ1) is 18.0. The number of carboxylic acid groups (broad SMARTS) is 1. The Kier molecular flexibility index (Phi) is 8.70. The number of nitrogens with zero attached hydrogens (tertiary/aromatic N) is 1. The average molecular weight is 499 g/mol. The van der Waals surface area contributed by atoms with E-state index in [0.717, 1.165) is 22.6 Å². The summed E-state index contributed by atoms with van der Waals surface area (Å²) in [6, 6.07) is 24.8. The Morgan fingerprint density at radius 3 is 2.41 bits per heavy atom. The number of ether oxygens (including phenoxy) is 1. The van der Waals surface area contributed by atoms with Gasteiger partial charge in [-0.1, -0.05) is 54.6 Å². The molecule has 2 N–H and O–H groups in total. The zero-order valence-corrected chi connectivity index (χ0v) is 20.8. The highest BCUT2D eigenvalue weighted by Crippen LogP contribution is 2.23. The second-order valence-corrected chi connectivity index (χ2v) is 8.69. The van der Waals surface area contributed by atoms with Crippen molar-refractivity contribution in [1.82, 2.24) is 10.3 Å². The summed E-state index contributed by atoms with van der Waals surface area (Å²) in [7, 11) is 0. The number of carbonyl (C=O) groups excluding carboxylic acids is 1. The largest absolute Gasteiger partial charge is 0.493 e. The number of hydrogen-bond acceptors (Lipinski definition) is 5. The molecule has 1 amide bonds. The molecular formula is C30H30N2O5. The Bertz CT molecular complexity index is 1330. The van der Waals surface area contributed by atoms with E-state index in [9.17, 15) is 9.59 Å². The van der Waals surface area contributed by atoms with Crippen LogP contribution in [0.1, 0.15) is 39.4 Å². The third-order valence-electron chi connectivity index (χ3n) is 6.00. The molecule has 0 aliphatic heterocycles. The van der Waals surface area contributed by atoms with E-state index in [4.69, 9.17) is 14.3 Å². The van der Waals surface area contributed by atoms with Crippen LogP contribution in [0, 0.1) is 6.92 Å². The van der Waals surface area contributed by atoms with E-state index in [1.807, 2.05) is 67.6 Å². The van der Waals surface area contributed by atoms with E-state index in [0.29, 0.717) is 48.8 Å². The summed E-state index contributed by atoms with van der Waals surface area (Å²) in [5, 5.41) is 12.1. The molecule has 1 aromatic heterocycles. The van der Waals surface area contributed by atoms with Crippen molar-refractivity contribution in [1.29, 1.82) is 0 Å². The standard InChI is InChI=1S/C30H30N2O5/c1-21-27(32-30(37-21)24-10-6-3-7-11-24)17-19-36-25-14-12-23(13-15-28(33)34)26(20-25)29(35)31-18-16-22-8-4-2-5-9-22/h2-12,14,20H,13,15-19H2,1H3,(H,31,35)(H,33,34). The van der Waals surface area contributed by atoms with Crippen LogP contribution in [-0.4, -0.2) is 35.1 Å². The molecule has 4 aromatic rings. The number of aromatic nitrogens is 1. The average Bonchev–Trinajstić information content (AvgIpc) is 3.29. The smallest absolute Gasteiger partial charge is 0.303 e. The van der Waals surface area contributed by atoms with Crippen molar-refractivity contribution in [2.45, 2.75) is 32.6 Å². The molecule has 0 spiro atoms. The number of amides is 1. The van der Waals surface area contributed by atoms with Gasteiger partial charge in [0.05, 0.1) is 12.3 Å². The van der Waals surface area contributed by atoms with Gasteiger partial charge < -0.3 is 19.6 Å². The molecule has 0 unspecified atom stereocenters. The summed E-state index contributed by atoms with van der Waals surface area (Å²) in [5.41, 5.74) is 3.96. The SMILES string of the molecule is Cc1oc(-c2ccccc2)nc1CCOc1ccc(CCC(=O)O)c(C(=O)NCCc2ccccc2)c1. The third kappa shape index (κ3) is 7.30. The predicted molar refractivity (Wildman–Crippen MR) is 141 cm³/mol. The Labute approximate surface area is 216 Å². The Morgan fingerprint density at radius 2 is 1.68 bits per heavy atom. The van der Waals surface area contributed by atoms with Crippen molar-refractivity contribution >= 4 is 11.9 Å². The zero-order chi connectivity index (χ0) is 26.0. The molecule has 190 valence electrons. The molecule has 0 radical (unpaired) electrons. The van der Waals surface area contributed by atoms with E-state index in [1.54, 1.807) is 18.2 Å². The fraction of sp³-hybridized carbons (Fsp3) is 0.233. The summed E-state index contributed by atoms with van der Waals surface area (Å²) < 4.78 is 11.8. The first-order valence-corrected chi connectivity index (χ1v) is 12.3. The van der Waals surface area contributed by atoms with Crippen LogP contribution in [0.15, 0.2) is 83.3 Å². The number of carboxylic acids is 1. The van der Waals surface area contributed by atoms with Crippen LogP contribution in [0.2, 0.25) is 0 Å². The molecule has 0 saturated carbocycles. The van der Waals surface area contributed by atoms with Crippen LogP contribution in [0.25, 0.3) is 11.5 Å². The minimum Gasteiger partial charge on any atom is -0.493 e. The van der Waals surface area contributed by atoms with Gasteiger partial charge >= 0.3 is 5.97 Å². The van der Waals surface area contributed by atoms with E-state index < -0.39 is 5.97 Å². The van der Waals surface area contributed by atoms with Crippen LogP contribution >= 0.6 is 0 Å². The normalized spacial score (nSPS) is 10.7. The monoisotopic (exact) mass is 498 g/mol. The summed E-state index contributed by atoms with van der Waals surface area (Å²) in [4.78, 5) is 28.7. The first kappa shape index (κ1) is 25.7. The maximum Gasteiger partial charge on any atom is 0.303 e. The van der Waals surface area contributed by atoms with Crippen LogP contribution in [-0.2, 0) is 24.1 Å². The molecule has 0 aliphatic rings. The highest BCUT2D eigenvalue weighted by Gasteiger charge is 2.15. The molecule has 0 atom stereocenters. The lowest BCUT2D eigenvalue weighted by Gasteiger charge is -2.13. The number of aryl methyl sites for hydroxylation is 2. The van der Waals surface area contributed by atoms with Gasteiger partial charge in [0.1, 0.15) is 11.5 Å². The topological polar surface area (TPSA) is 102 Å². The Balaban J connectivity index is 1.40. The first-order valence-electron chi connectivity index (χ1n) is 12.3. The van der Waals surface area contributed by atoms with Crippen molar-refractivity contribution in [2.24, 2.45) is 0 Å². The summed E-state index contributed by atoms with van der Waals surface area (Å²) in [6.45, 7) is 2.70. The number of benzene rings is 3. The lowest BCUT2D eigenvalue weighted by Crippen LogP contribution is -2.27. The summed E-state index contributed by atoms with van der Waals surface area (Å²) in [6.07, 6.45) is 1.45. The fourth-order valence-electron chi connectivity index (χ4n) is 4.01. The van der Waals surface area contributed by atoms with Crippen molar-refractivity contribution in [3.05, 3.63) is 107 Å². The molecular weight excluding hydrogens is 468 g/mol. The van der Waals surface area contributed by atoms with E-state index in [-0.39, 0.29) is 18.7 Å². The van der Waals surface area contributed by atoms with Crippen LogP contribution < -0.4 is 10.1 Å². The third-order valence-corrected chi connectivity index (χ3v) is 6.00. The molecule has 7 nitrogen and oxygen atoms in total. The molecule has 0 aliphatic carbocycles. The van der Waals surface area contributed by atoms with Gasteiger partial charge in [0.25, 0.3) is 5.91 Å². The lowest BCUT2D eigenvalue weighted by atomic mass is 10.0. The van der Waals surface area contributed by atoms with Crippen LogP contribution in [0.3, 0.4) is 0 Å². The highest BCUT2D eigenvalue weighted by atomic mass is 16.5. The van der Waals surface area contributed by atoms with Crippen molar-refractivity contribution in [3.8, 4) is 17.2 Å². The van der Waals surface area contributed by atoms with Crippen molar-refractivity contribution < 1.29 is 23.8 Å². The summed E-state index contributed by atoms with van der Waals surface area (Å²) in [5.74, 6) is 0.697. The molecule has 1 heterocycles. The fourth-order valence-corrected chi connectivity index (χ4v) is 4.01. The second-order valence-electron chi connectivity index (χ2n) is 8.69. The van der Waals surface area contributed by atoms with Gasteiger partial charge in [0.15, 0.2) is 0 Å². The highest BCUT2D eigenvalue weighted by molar-refractivity contribution is 5.96. The number of oxazole rings is 1. The molecule has 37 heavy (non-hydrogen) atoms. The number of carbonyl (C=O) groups is 2. The zero-order valence-electron chi connectivity index (χ0n) is 20.8. The van der Waals surface area contributed by atoms with E-state index in [2.05, 4.69) is 10.3 Å². The second kappa shape index (κ2) is 12.5. The number of rotatable bonds is 12. The molecule has 3 aromatic carbocycles. The molecule has 7 heteroatoms. The van der Waals surface area contributed by atoms with E-state index >= 15 is 0 Å². The van der Waals surface area contributed by atoms with Crippen molar-refractivity contribution in [2.75, 3.05) is 13.2 Å². The maximum atomic E-state index is 13.0. The van der Waals surface area contributed by atoms with E-state index in [1.165, 1.54) is 0 Å². The van der Waals surface area contributed by atoms with Crippen molar-refractivity contribution in [3.63, 3.8) is 0 Å². The number of aliphatic carboxylic acids is 1. The lowest BCUT2D eigenvalue weighted by molar-refractivity contribution is -0.136. The Hall–Kier alpha value is -4.39. The minimum atomic E-state index is -0.909. The maximum absolute atomic E-state index is 13.0. The molecule has 4 rings (SSSR count). The van der Waals surface area contributed by atoms with Gasteiger partial charge in [-0.2, -0.15) is 0 Å². The molecule has 0 bridgehead atoms. The van der Waals surface area contributed by atoms with Crippen LogP contribution in [0.5, 0.6) is 5.75 Å². The summed E-state index contributed by atoms with van der Waals surface area (Å²) >= 11 is 0. The van der Waals surface area contributed by atoms with Gasteiger partial charge in [-0.3, -0.25) is 9.59 Å². The molecule has 0 saturated heterocycles. The molecule has 0 fully saturated rings. The van der Waals surface area contributed by atoms with Crippen LogP contribution in [0.4, 0.5) is 0 Å².